The highest BCUT2D eigenvalue weighted by atomic mass is 79.9. The van der Waals surface area contributed by atoms with Crippen molar-refractivity contribution < 1.29 is 0 Å². The van der Waals surface area contributed by atoms with Crippen LogP contribution in [-0.2, 0) is 0 Å². The molecule has 1 aromatic heterocycles. The fraction of sp³-hybridized carbons (Fsp3) is 0.600. The third-order valence-electron chi connectivity index (χ3n) is 1.76. The molecule has 0 fully saturated rings. The zero-order chi connectivity index (χ0) is 10.6. The van der Waals surface area contributed by atoms with E-state index in [0.29, 0.717) is 5.25 Å². The molecule has 1 aromatic rings. The number of halogens is 1. The van der Waals surface area contributed by atoms with E-state index in [1.807, 2.05) is 11.8 Å². The highest BCUT2D eigenvalue weighted by molar-refractivity contribution is 9.11. The maximum atomic E-state index is 5.77. The number of thioether (sulfide) groups is 1. The lowest BCUT2D eigenvalue weighted by atomic mass is 10.3. The van der Waals surface area contributed by atoms with Gasteiger partial charge >= 0.3 is 0 Å². The first-order valence-electron chi connectivity index (χ1n) is 4.70. The highest BCUT2D eigenvalue weighted by Gasteiger charge is 2.12. The molecule has 1 atom stereocenters. The van der Waals surface area contributed by atoms with E-state index in [0.717, 1.165) is 12.5 Å². The van der Waals surface area contributed by atoms with E-state index >= 15 is 0 Å². The smallest absolute Gasteiger partial charge is 0.0701 e. The largest absolute Gasteiger partial charge is 0.329 e. The minimum atomic E-state index is 0.466. The van der Waals surface area contributed by atoms with Gasteiger partial charge in [-0.05, 0) is 39.7 Å². The Morgan fingerprint density at radius 2 is 2.21 bits per heavy atom. The van der Waals surface area contributed by atoms with Gasteiger partial charge in [-0.2, -0.15) is 11.8 Å². The first-order valence-corrected chi connectivity index (χ1v) is 7.36. The number of thiophene rings is 1. The summed E-state index contributed by atoms with van der Waals surface area (Å²) >= 11 is 7.23. The van der Waals surface area contributed by atoms with E-state index < -0.39 is 0 Å². The molecule has 0 amide bonds. The van der Waals surface area contributed by atoms with Gasteiger partial charge in [-0.25, -0.2) is 0 Å². The van der Waals surface area contributed by atoms with Crippen LogP contribution in [0.4, 0.5) is 0 Å². The predicted molar refractivity (Wildman–Crippen MR) is 71.1 cm³/mol. The van der Waals surface area contributed by atoms with Gasteiger partial charge in [0.2, 0.25) is 0 Å². The minimum Gasteiger partial charge on any atom is -0.329 e. The molecule has 1 unspecified atom stereocenters. The van der Waals surface area contributed by atoms with Gasteiger partial charge in [0.15, 0.2) is 0 Å². The molecule has 0 aliphatic rings. The lowest BCUT2D eigenvalue weighted by Gasteiger charge is -2.13. The molecule has 0 saturated heterocycles. The summed E-state index contributed by atoms with van der Waals surface area (Å²) in [6, 6.07) is 4.26. The van der Waals surface area contributed by atoms with E-state index in [9.17, 15) is 0 Å². The van der Waals surface area contributed by atoms with Crippen molar-refractivity contribution in [2.24, 2.45) is 11.7 Å². The van der Waals surface area contributed by atoms with Gasteiger partial charge in [-0.15, -0.1) is 11.3 Å². The van der Waals surface area contributed by atoms with Crippen molar-refractivity contribution >= 4 is 39.0 Å². The van der Waals surface area contributed by atoms with Crippen LogP contribution < -0.4 is 5.73 Å². The van der Waals surface area contributed by atoms with Crippen LogP contribution in [0.5, 0.6) is 0 Å². The molecular weight excluding hydrogens is 278 g/mol. The fourth-order valence-corrected chi connectivity index (χ4v) is 3.84. The molecule has 1 rings (SSSR count). The second-order valence-electron chi connectivity index (χ2n) is 3.59. The SMILES string of the molecule is CC(C)CSC(CN)c1ccc(Br)s1. The van der Waals surface area contributed by atoms with Crippen LogP contribution in [0.15, 0.2) is 15.9 Å². The van der Waals surface area contributed by atoms with E-state index in [-0.39, 0.29) is 0 Å². The van der Waals surface area contributed by atoms with Crippen molar-refractivity contribution in [1.29, 1.82) is 0 Å². The highest BCUT2D eigenvalue weighted by Crippen LogP contribution is 2.35. The Hall–Kier alpha value is 0.490. The molecular formula is C10H16BrNS2. The van der Waals surface area contributed by atoms with Crippen molar-refractivity contribution in [3.63, 3.8) is 0 Å². The summed E-state index contributed by atoms with van der Waals surface area (Å²) in [7, 11) is 0. The lowest BCUT2D eigenvalue weighted by molar-refractivity contribution is 0.747. The Labute approximate surface area is 103 Å². The summed E-state index contributed by atoms with van der Waals surface area (Å²) in [5.41, 5.74) is 5.77. The Kier molecular flexibility index (Phi) is 5.52. The Bertz CT molecular complexity index is 273. The number of nitrogens with two attached hydrogens (primary N) is 1. The van der Waals surface area contributed by atoms with Crippen molar-refractivity contribution in [3.05, 3.63) is 20.8 Å². The molecule has 80 valence electrons. The molecule has 1 heterocycles. The average Bonchev–Trinajstić information content (AvgIpc) is 2.53. The molecule has 4 heteroatoms. The standard InChI is InChI=1S/C10H16BrNS2/c1-7(2)6-13-9(5-12)8-3-4-10(11)14-8/h3-4,7,9H,5-6,12H2,1-2H3. The van der Waals surface area contributed by atoms with Crippen molar-refractivity contribution in [1.82, 2.24) is 0 Å². The van der Waals surface area contributed by atoms with Crippen LogP contribution in [0.25, 0.3) is 0 Å². The van der Waals surface area contributed by atoms with Crippen LogP contribution in [-0.4, -0.2) is 12.3 Å². The van der Waals surface area contributed by atoms with Gasteiger partial charge < -0.3 is 5.73 Å². The predicted octanol–water partition coefficient (Wildman–Crippen LogP) is 3.90. The van der Waals surface area contributed by atoms with Crippen LogP contribution in [0.3, 0.4) is 0 Å². The summed E-state index contributed by atoms with van der Waals surface area (Å²) in [5, 5.41) is 0.466. The number of hydrogen-bond donors (Lipinski definition) is 1. The Morgan fingerprint density at radius 1 is 1.50 bits per heavy atom. The first kappa shape index (κ1) is 12.6. The summed E-state index contributed by atoms with van der Waals surface area (Å²) in [6.07, 6.45) is 0. The molecule has 0 spiro atoms. The van der Waals surface area contributed by atoms with E-state index in [1.165, 1.54) is 14.4 Å². The van der Waals surface area contributed by atoms with Gasteiger partial charge in [0.05, 0.1) is 9.04 Å². The summed E-state index contributed by atoms with van der Waals surface area (Å²) in [6.45, 7) is 5.21. The normalized spacial score (nSPS) is 13.5. The molecule has 0 aliphatic heterocycles. The maximum Gasteiger partial charge on any atom is 0.0701 e. The zero-order valence-electron chi connectivity index (χ0n) is 8.50. The van der Waals surface area contributed by atoms with Crippen LogP contribution in [0.2, 0.25) is 0 Å². The summed E-state index contributed by atoms with van der Waals surface area (Å²) in [5.74, 6) is 1.91. The zero-order valence-corrected chi connectivity index (χ0v) is 11.7. The maximum absolute atomic E-state index is 5.77. The Balaban J connectivity index is 2.54. The molecule has 1 nitrogen and oxygen atoms in total. The summed E-state index contributed by atoms with van der Waals surface area (Å²) in [4.78, 5) is 1.38. The van der Waals surface area contributed by atoms with Crippen molar-refractivity contribution in [2.45, 2.75) is 19.1 Å². The first-order chi connectivity index (χ1) is 6.63. The van der Waals surface area contributed by atoms with Crippen molar-refractivity contribution in [2.75, 3.05) is 12.3 Å². The van der Waals surface area contributed by atoms with Gasteiger partial charge in [0.1, 0.15) is 0 Å². The third-order valence-corrected chi connectivity index (χ3v) is 5.35. The molecule has 0 radical (unpaired) electrons. The summed E-state index contributed by atoms with van der Waals surface area (Å²) < 4.78 is 1.19. The molecule has 2 N–H and O–H groups in total. The Morgan fingerprint density at radius 3 is 2.64 bits per heavy atom. The third kappa shape index (κ3) is 3.93. The van der Waals surface area contributed by atoms with E-state index in [1.54, 1.807) is 11.3 Å². The number of rotatable bonds is 5. The van der Waals surface area contributed by atoms with Gasteiger partial charge in [0.25, 0.3) is 0 Å². The quantitative estimate of drug-likeness (QED) is 0.891. The fourth-order valence-electron chi connectivity index (χ4n) is 1.08. The van der Waals surface area contributed by atoms with Crippen LogP contribution >= 0.6 is 39.0 Å². The van der Waals surface area contributed by atoms with Gasteiger partial charge in [-0.1, -0.05) is 13.8 Å². The number of hydrogen-bond acceptors (Lipinski definition) is 3. The lowest BCUT2D eigenvalue weighted by Crippen LogP contribution is -2.09. The minimum absolute atomic E-state index is 0.466. The van der Waals surface area contributed by atoms with Crippen LogP contribution in [0, 0.1) is 5.92 Å². The second-order valence-corrected chi connectivity index (χ2v) is 7.32. The van der Waals surface area contributed by atoms with Crippen molar-refractivity contribution in [3.8, 4) is 0 Å². The van der Waals surface area contributed by atoms with E-state index in [4.69, 9.17) is 5.73 Å². The molecule has 14 heavy (non-hydrogen) atoms. The topological polar surface area (TPSA) is 26.0 Å². The monoisotopic (exact) mass is 293 g/mol. The molecule has 0 aliphatic carbocycles. The molecule has 0 saturated carbocycles. The second kappa shape index (κ2) is 6.16. The van der Waals surface area contributed by atoms with Gasteiger partial charge in [-0.3, -0.25) is 0 Å². The molecule has 0 aromatic carbocycles. The van der Waals surface area contributed by atoms with E-state index in [2.05, 4.69) is 41.9 Å². The molecule has 0 bridgehead atoms. The average molecular weight is 294 g/mol. The van der Waals surface area contributed by atoms with Crippen LogP contribution in [0.1, 0.15) is 24.0 Å². The van der Waals surface area contributed by atoms with Gasteiger partial charge in [0, 0.05) is 11.4 Å².